The molecule has 1 amide bonds. The van der Waals surface area contributed by atoms with E-state index in [9.17, 15) is 13.2 Å². The molecule has 0 radical (unpaired) electrons. The summed E-state index contributed by atoms with van der Waals surface area (Å²) in [5.74, 6) is 0.0344. The van der Waals surface area contributed by atoms with Gasteiger partial charge in [0.05, 0.1) is 29.4 Å². The zero-order chi connectivity index (χ0) is 26.6. The molecule has 0 saturated carbocycles. The molecule has 0 fully saturated rings. The highest BCUT2D eigenvalue weighted by atomic mass is 35.5. The number of rotatable bonds is 8. The molecular formula is C27H25ClN4O4S. The summed E-state index contributed by atoms with van der Waals surface area (Å²) in [4.78, 5) is 17.2. The zero-order valence-electron chi connectivity index (χ0n) is 20.5. The fourth-order valence-corrected chi connectivity index (χ4v) is 5.24. The molecule has 0 bridgehead atoms. The molecule has 0 unspecified atom stereocenters. The molecule has 37 heavy (non-hydrogen) atoms. The van der Waals surface area contributed by atoms with Crippen molar-refractivity contribution in [3.8, 4) is 5.75 Å². The van der Waals surface area contributed by atoms with E-state index in [1.54, 1.807) is 55.6 Å². The van der Waals surface area contributed by atoms with Gasteiger partial charge in [0.15, 0.2) is 0 Å². The molecule has 3 aromatic carbocycles. The molecule has 0 spiro atoms. The van der Waals surface area contributed by atoms with E-state index in [0.29, 0.717) is 22.5 Å². The van der Waals surface area contributed by atoms with E-state index in [4.69, 9.17) is 16.3 Å². The molecule has 1 N–H and O–H groups in total. The van der Waals surface area contributed by atoms with Gasteiger partial charge >= 0.3 is 0 Å². The number of carbonyl (C=O) groups is 1. The van der Waals surface area contributed by atoms with Crippen LogP contribution in [0.1, 0.15) is 16.7 Å². The van der Waals surface area contributed by atoms with Crippen LogP contribution >= 0.6 is 11.6 Å². The van der Waals surface area contributed by atoms with Crippen molar-refractivity contribution < 1.29 is 17.9 Å². The number of ether oxygens (including phenoxy) is 1. The summed E-state index contributed by atoms with van der Waals surface area (Å²) in [5.41, 5.74) is 5.82. The number of anilines is 1. The SMILES string of the molecule is COc1ccc2cc(/C=N\NC(=O)CN(c3ccc(C)c(C)c3)S(=O)(=O)c3ccccc3)c(Cl)nc2c1. The summed E-state index contributed by atoms with van der Waals surface area (Å²) >= 11 is 6.29. The van der Waals surface area contributed by atoms with Gasteiger partial charge in [0.1, 0.15) is 17.4 Å². The van der Waals surface area contributed by atoms with Crippen molar-refractivity contribution >= 4 is 50.3 Å². The lowest BCUT2D eigenvalue weighted by molar-refractivity contribution is -0.119. The van der Waals surface area contributed by atoms with Crippen LogP contribution in [0.25, 0.3) is 10.9 Å². The molecule has 4 aromatic rings. The van der Waals surface area contributed by atoms with Crippen molar-refractivity contribution in [1.29, 1.82) is 0 Å². The molecule has 1 heterocycles. The average molecular weight is 537 g/mol. The number of sulfonamides is 1. The Morgan fingerprint density at radius 1 is 1.05 bits per heavy atom. The summed E-state index contributed by atoms with van der Waals surface area (Å²) < 4.78 is 33.2. The van der Waals surface area contributed by atoms with Gasteiger partial charge in [-0.25, -0.2) is 18.8 Å². The number of nitrogens with zero attached hydrogens (tertiary/aromatic N) is 3. The first kappa shape index (κ1) is 26.1. The molecule has 190 valence electrons. The average Bonchev–Trinajstić information content (AvgIpc) is 2.89. The molecule has 1 aromatic heterocycles. The van der Waals surface area contributed by atoms with Crippen molar-refractivity contribution in [3.05, 3.63) is 94.6 Å². The largest absolute Gasteiger partial charge is 0.497 e. The Balaban J connectivity index is 1.57. The molecule has 0 atom stereocenters. The fraction of sp³-hybridized carbons (Fsp3) is 0.148. The number of aromatic nitrogens is 1. The first-order chi connectivity index (χ1) is 17.7. The first-order valence-corrected chi connectivity index (χ1v) is 13.1. The smallest absolute Gasteiger partial charge is 0.264 e. The second-order valence-electron chi connectivity index (χ2n) is 8.31. The van der Waals surface area contributed by atoms with Crippen LogP contribution < -0.4 is 14.5 Å². The van der Waals surface area contributed by atoms with Gasteiger partial charge in [-0.15, -0.1) is 0 Å². The predicted molar refractivity (Wildman–Crippen MR) is 146 cm³/mol. The first-order valence-electron chi connectivity index (χ1n) is 11.3. The number of pyridine rings is 1. The molecule has 0 saturated heterocycles. The number of nitrogens with one attached hydrogen (secondary N) is 1. The second kappa shape index (κ2) is 11.0. The summed E-state index contributed by atoms with van der Waals surface area (Å²) in [6.07, 6.45) is 1.36. The van der Waals surface area contributed by atoms with Crippen LogP contribution in [0.2, 0.25) is 5.15 Å². The fourth-order valence-electron chi connectivity index (χ4n) is 3.61. The van der Waals surface area contributed by atoms with E-state index in [0.717, 1.165) is 20.8 Å². The monoisotopic (exact) mass is 536 g/mol. The van der Waals surface area contributed by atoms with E-state index in [1.807, 2.05) is 26.0 Å². The Hall–Kier alpha value is -3.95. The maximum atomic E-state index is 13.4. The van der Waals surface area contributed by atoms with Crippen LogP contribution in [-0.2, 0) is 14.8 Å². The Bertz CT molecular complexity index is 1590. The second-order valence-corrected chi connectivity index (χ2v) is 10.5. The van der Waals surface area contributed by atoms with Crippen LogP contribution in [-0.4, -0.2) is 39.2 Å². The lowest BCUT2D eigenvalue weighted by atomic mass is 10.1. The highest BCUT2D eigenvalue weighted by Gasteiger charge is 2.27. The summed E-state index contributed by atoms with van der Waals surface area (Å²) in [6, 6.07) is 20.4. The third-order valence-corrected chi connectivity index (χ3v) is 7.89. The predicted octanol–water partition coefficient (Wildman–Crippen LogP) is 4.86. The van der Waals surface area contributed by atoms with Crippen molar-refractivity contribution in [2.75, 3.05) is 18.0 Å². The molecule has 8 nitrogen and oxygen atoms in total. The maximum Gasteiger partial charge on any atom is 0.264 e. The third kappa shape index (κ3) is 5.90. The number of halogens is 1. The van der Waals surface area contributed by atoms with E-state index in [1.165, 1.54) is 18.3 Å². The highest BCUT2D eigenvalue weighted by molar-refractivity contribution is 7.92. The lowest BCUT2D eigenvalue weighted by Crippen LogP contribution is -2.39. The number of aryl methyl sites for hydroxylation is 2. The van der Waals surface area contributed by atoms with E-state index in [-0.39, 0.29) is 10.0 Å². The number of hydrogen-bond donors (Lipinski definition) is 1. The molecule has 4 rings (SSSR count). The number of carbonyl (C=O) groups excluding carboxylic acids is 1. The van der Waals surface area contributed by atoms with Gasteiger partial charge in [-0.3, -0.25) is 9.10 Å². The topological polar surface area (TPSA) is 101 Å². The number of methoxy groups -OCH3 is 1. The van der Waals surface area contributed by atoms with Crippen LogP contribution in [0.4, 0.5) is 5.69 Å². The Kier molecular flexibility index (Phi) is 7.75. The van der Waals surface area contributed by atoms with Crippen LogP contribution in [0.15, 0.2) is 82.8 Å². The normalized spacial score (nSPS) is 11.6. The van der Waals surface area contributed by atoms with Crippen molar-refractivity contribution in [2.24, 2.45) is 5.10 Å². The van der Waals surface area contributed by atoms with Crippen LogP contribution in [0, 0.1) is 13.8 Å². The van der Waals surface area contributed by atoms with Crippen molar-refractivity contribution in [3.63, 3.8) is 0 Å². The Morgan fingerprint density at radius 2 is 1.81 bits per heavy atom. The van der Waals surface area contributed by atoms with Gasteiger partial charge in [0.25, 0.3) is 15.9 Å². The number of hydrazone groups is 1. The van der Waals surface area contributed by atoms with Gasteiger partial charge < -0.3 is 4.74 Å². The van der Waals surface area contributed by atoms with Gasteiger partial charge in [0, 0.05) is 17.0 Å². The minimum atomic E-state index is -4.01. The minimum Gasteiger partial charge on any atom is -0.497 e. The van der Waals surface area contributed by atoms with Crippen molar-refractivity contribution in [2.45, 2.75) is 18.7 Å². The molecule has 0 aliphatic carbocycles. The number of fused-ring (bicyclic) bond motifs is 1. The molecular weight excluding hydrogens is 512 g/mol. The molecule has 10 heteroatoms. The maximum absolute atomic E-state index is 13.4. The Morgan fingerprint density at radius 3 is 2.51 bits per heavy atom. The van der Waals surface area contributed by atoms with Crippen LogP contribution in [0.5, 0.6) is 5.75 Å². The van der Waals surface area contributed by atoms with E-state index < -0.39 is 22.5 Å². The van der Waals surface area contributed by atoms with Gasteiger partial charge in [-0.2, -0.15) is 5.10 Å². The highest BCUT2D eigenvalue weighted by Crippen LogP contribution is 2.26. The standard InChI is InChI=1S/C27H25ClN4O4S/c1-18-9-11-22(13-19(18)2)32(37(34,35)24-7-5-4-6-8-24)17-26(33)31-29-16-21-14-20-10-12-23(36-3)15-25(20)30-27(21)28/h4-16H,17H2,1-3H3,(H,31,33)/b29-16-. The van der Waals surface area contributed by atoms with Crippen molar-refractivity contribution in [1.82, 2.24) is 10.4 Å². The van der Waals surface area contributed by atoms with Crippen LogP contribution in [0.3, 0.4) is 0 Å². The number of amides is 1. The van der Waals surface area contributed by atoms with E-state index >= 15 is 0 Å². The van der Waals surface area contributed by atoms with E-state index in [2.05, 4.69) is 15.5 Å². The third-order valence-electron chi connectivity index (χ3n) is 5.80. The molecule has 0 aliphatic heterocycles. The van der Waals surface area contributed by atoms with Gasteiger partial charge in [-0.05, 0) is 67.4 Å². The summed E-state index contributed by atoms with van der Waals surface area (Å²) in [6.45, 7) is 3.34. The zero-order valence-corrected chi connectivity index (χ0v) is 22.0. The quantitative estimate of drug-likeness (QED) is 0.197. The minimum absolute atomic E-state index is 0.0789. The summed E-state index contributed by atoms with van der Waals surface area (Å²) in [5, 5.41) is 4.99. The number of benzene rings is 3. The summed E-state index contributed by atoms with van der Waals surface area (Å²) in [7, 11) is -2.45. The molecule has 0 aliphatic rings. The lowest BCUT2D eigenvalue weighted by Gasteiger charge is -2.24. The number of hydrogen-bond acceptors (Lipinski definition) is 6. The Labute approximate surface area is 220 Å². The van der Waals surface area contributed by atoms with Gasteiger partial charge in [-0.1, -0.05) is 35.9 Å². The van der Waals surface area contributed by atoms with Gasteiger partial charge in [0.2, 0.25) is 0 Å².